The Morgan fingerprint density at radius 3 is 2.56 bits per heavy atom. The normalized spacial score (nSPS) is 9.56. The lowest BCUT2D eigenvalue weighted by atomic mass is 10.4. The van der Waals surface area contributed by atoms with Gasteiger partial charge in [0.2, 0.25) is 0 Å². The quantitative estimate of drug-likeness (QED) is 0.553. The molecule has 0 unspecified atom stereocenters. The molecule has 0 amide bonds. The molecule has 0 saturated carbocycles. The highest BCUT2D eigenvalue weighted by molar-refractivity contribution is 5.21. The Morgan fingerprint density at radius 2 is 2.33 bits per heavy atom. The van der Waals surface area contributed by atoms with E-state index in [1.54, 1.807) is 10.9 Å². The Morgan fingerprint density at radius 1 is 1.67 bits per heavy atom. The molecule has 1 aromatic rings. The Hall–Kier alpha value is -1.05. The van der Waals surface area contributed by atoms with Crippen molar-refractivity contribution in [3.8, 4) is 0 Å². The fourth-order valence-corrected chi connectivity index (χ4v) is 0.831. The molecule has 1 aromatic heterocycles. The second-order valence-corrected chi connectivity index (χ2v) is 2.05. The minimum atomic E-state index is 1.03. The molecule has 0 fully saturated rings. The van der Waals surface area contributed by atoms with Gasteiger partial charge in [0.25, 0.3) is 0 Å². The molecule has 0 aliphatic heterocycles. The number of rotatable bonds is 1. The molecule has 1 rings (SSSR count). The summed E-state index contributed by atoms with van der Waals surface area (Å²) in [5, 5.41) is 4.13. The zero-order valence-electron chi connectivity index (χ0n) is 5.76. The Kier molecular flexibility index (Phi) is 1.39. The van der Waals surface area contributed by atoms with E-state index in [1.165, 1.54) is 0 Å². The van der Waals surface area contributed by atoms with E-state index in [0.717, 1.165) is 11.4 Å². The maximum Gasteiger partial charge on any atom is 0.0600 e. The van der Waals surface area contributed by atoms with Crippen LogP contribution in [0.4, 0.5) is 0 Å². The van der Waals surface area contributed by atoms with Crippen LogP contribution in [0.2, 0.25) is 0 Å². The van der Waals surface area contributed by atoms with E-state index >= 15 is 0 Å². The van der Waals surface area contributed by atoms with Crippen molar-refractivity contribution in [3.63, 3.8) is 0 Å². The van der Waals surface area contributed by atoms with E-state index in [-0.39, 0.29) is 0 Å². The average Bonchev–Trinajstić information content (AvgIpc) is 2.10. The molecule has 0 aliphatic carbocycles. The van der Waals surface area contributed by atoms with Gasteiger partial charge in [0.05, 0.1) is 5.69 Å². The molecule has 0 N–H and O–H groups in total. The molecule has 1 heterocycles. The molecule has 0 bridgehead atoms. The molecule has 0 aliphatic rings. The van der Waals surface area contributed by atoms with E-state index in [4.69, 9.17) is 0 Å². The predicted octanol–water partition coefficient (Wildman–Crippen LogP) is 1.60. The summed E-state index contributed by atoms with van der Waals surface area (Å²) in [6.45, 7) is 7.57. The summed E-state index contributed by atoms with van der Waals surface area (Å²) in [6.07, 6.45) is 1.70. The van der Waals surface area contributed by atoms with Crippen molar-refractivity contribution >= 4 is 6.20 Å². The first-order chi connectivity index (χ1) is 4.24. The van der Waals surface area contributed by atoms with Crippen LogP contribution >= 0.6 is 0 Å². The van der Waals surface area contributed by atoms with Crippen molar-refractivity contribution in [2.75, 3.05) is 0 Å². The third-order valence-corrected chi connectivity index (χ3v) is 1.22. The molecule has 0 atom stereocenters. The Labute approximate surface area is 54.8 Å². The van der Waals surface area contributed by atoms with Gasteiger partial charge in [0, 0.05) is 11.9 Å². The summed E-state index contributed by atoms with van der Waals surface area (Å²) >= 11 is 0. The summed E-state index contributed by atoms with van der Waals surface area (Å²) in [4.78, 5) is 0. The Balaban J connectivity index is 3.15. The van der Waals surface area contributed by atoms with Gasteiger partial charge in [-0.2, -0.15) is 5.10 Å². The summed E-state index contributed by atoms with van der Waals surface area (Å²) in [6, 6.07) is 2.02. The number of aryl methyl sites for hydroxylation is 2. The molecule has 2 nitrogen and oxygen atoms in total. The highest BCUT2D eigenvalue weighted by atomic mass is 15.3. The second kappa shape index (κ2) is 2.05. The van der Waals surface area contributed by atoms with Crippen molar-refractivity contribution in [1.82, 2.24) is 9.78 Å². The summed E-state index contributed by atoms with van der Waals surface area (Å²) < 4.78 is 1.76. The Bertz CT molecular complexity index is 223. The van der Waals surface area contributed by atoms with Crippen LogP contribution in [0.5, 0.6) is 0 Å². The minimum Gasteiger partial charge on any atom is -0.246 e. The molecule has 48 valence electrons. The van der Waals surface area contributed by atoms with Crippen LogP contribution in [0.3, 0.4) is 0 Å². The number of hydrogen-bond donors (Lipinski definition) is 0. The van der Waals surface area contributed by atoms with Gasteiger partial charge in [0.15, 0.2) is 0 Å². The number of aromatic nitrogens is 2. The van der Waals surface area contributed by atoms with Crippen LogP contribution in [-0.2, 0) is 0 Å². The van der Waals surface area contributed by atoms with E-state index in [9.17, 15) is 0 Å². The third-order valence-electron chi connectivity index (χ3n) is 1.22. The summed E-state index contributed by atoms with van der Waals surface area (Å²) in [7, 11) is 0. The van der Waals surface area contributed by atoms with Crippen LogP contribution in [0.25, 0.3) is 6.20 Å². The minimum absolute atomic E-state index is 1.03. The van der Waals surface area contributed by atoms with Crippen molar-refractivity contribution in [2.24, 2.45) is 0 Å². The van der Waals surface area contributed by atoms with Gasteiger partial charge in [-0.3, -0.25) is 0 Å². The molecular weight excluding hydrogens is 112 g/mol. The summed E-state index contributed by atoms with van der Waals surface area (Å²) in [5.74, 6) is 0. The van der Waals surface area contributed by atoms with Crippen LogP contribution in [0.1, 0.15) is 11.4 Å². The van der Waals surface area contributed by atoms with Crippen LogP contribution in [-0.4, -0.2) is 9.78 Å². The van der Waals surface area contributed by atoms with E-state index in [2.05, 4.69) is 11.7 Å². The van der Waals surface area contributed by atoms with Gasteiger partial charge < -0.3 is 0 Å². The van der Waals surface area contributed by atoms with Crippen molar-refractivity contribution < 1.29 is 0 Å². The van der Waals surface area contributed by atoms with Gasteiger partial charge in [-0.15, -0.1) is 0 Å². The predicted molar refractivity (Wildman–Crippen MR) is 38.1 cm³/mol. The molecule has 0 saturated heterocycles. The summed E-state index contributed by atoms with van der Waals surface area (Å²) in [5.41, 5.74) is 2.16. The monoisotopic (exact) mass is 122 g/mol. The van der Waals surface area contributed by atoms with Crippen LogP contribution in [0, 0.1) is 13.8 Å². The van der Waals surface area contributed by atoms with E-state index in [0.29, 0.717) is 0 Å². The lowest BCUT2D eigenvalue weighted by Crippen LogP contribution is -1.89. The van der Waals surface area contributed by atoms with Crippen molar-refractivity contribution in [3.05, 3.63) is 24.0 Å². The van der Waals surface area contributed by atoms with Gasteiger partial charge in [-0.25, -0.2) is 4.68 Å². The maximum absolute atomic E-state index is 4.13. The van der Waals surface area contributed by atoms with Crippen LogP contribution < -0.4 is 0 Å². The number of nitrogens with zero attached hydrogens (tertiary/aromatic N) is 2. The topological polar surface area (TPSA) is 17.8 Å². The van der Waals surface area contributed by atoms with Gasteiger partial charge in [-0.1, -0.05) is 6.58 Å². The van der Waals surface area contributed by atoms with Crippen LogP contribution in [0.15, 0.2) is 12.6 Å². The fourth-order valence-electron chi connectivity index (χ4n) is 0.831. The average molecular weight is 122 g/mol. The standard InChI is InChI=1S/C7H10N2/c1-4-9-7(3)5-6(2)8-9/h4-5H,1H2,2-3H3. The third kappa shape index (κ3) is 1.02. The molecule has 9 heavy (non-hydrogen) atoms. The first kappa shape index (κ1) is 6.08. The smallest absolute Gasteiger partial charge is 0.0600 e. The molecule has 0 spiro atoms. The van der Waals surface area contributed by atoms with Gasteiger partial charge in [-0.05, 0) is 19.9 Å². The zero-order valence-corrected chi connectivity index (χ0v) is 5.76. The SMILES string of the molecule is C=Cn1nc(C)cc1C. The lowest BCUT2D eigenvalue weighted by Gasteiger charge is -1.90. The molecular formula is C7H10N2. The second-order valence-electron chi connectivity index (χ2n) is 2.05. The highest BCUT2D eigenvalue weighted by Gasteiger charge is 1.93. The first-order valence-electron chi connectivity index (χ1n) is 2.89. The fraction of sp³-hybridized carbons (Fsp3) is 0.286. The zero-order chi connectivity index (χ0) is 6.85. The van der Waals surface area contributed by atoms with E-state index < -0.39 is 0 Å². The molecule has 2 heteroatoms. The lowest BCUT2D eigenvalue weighted by molar-refractivity contribution is 0.882. The number of hydrogen-bond acceptors (Lipinski definition) is 1. The first-order valence-corrected chi connectivity index (χ1v) is 2.89. The van der Waals surface area contributed by atoms with Gasteiger partial charge in [0.1, 0.15) is 0 Å². The van der Waals surface area contributed by atoms with Crippen molar-refractivity contribution in [2.45, 2.75) is 13.8 Å². The highest BCUT2D eigenvalue weighted by Crippen LogP contribution is 2.00. The van der Waals surface area contributed by atoms with Crippen molar-refractivity contribution in [1.29, 1.82) is 0 Å². The van der Waals surface area contributed by atoms with Gasteiger partial charge >= 0.3 is 0 Å². The maximum atomic E-state index is 4.13. The molecule has 0 aromatic carbocycles. The largest absolute Gasteiger partial charge is 0.246 e. The van der Waals surface area contributed by atoms with E-state index in [1.807, 2.05) is 19.9 Å². The molecule has 0 radical (unpaired) electrons.